The molecule has 6 heteroatoms. The van der Waals surface area contributed by atoms with Gasteiger partial charge in [0.05, 0.1) is 6.42 Å². The molecule has 0 radical (unpaired) electrons. The number of anilines is 1. The molecule has 2 aliphatic carbocycles. The van der Waals surface area contributed by atoms with Crippen LogP contribution in [-0.4, -0.2) is 29.4 Å². The highest BCUT2D eigenvalue weighted by Gasteiger charge is 2.54. The zero-order valence-corrected chi connectivity index (χ0v) is 13.5. The highest BCUT2D eigenvalue weighted by Crippen LogP contribution is 2.55. The van der Waals surface area contributed by atoms with E-state index in [-0.39, 0.29) is 30.7 Å². The Balaban J connectivity index is 1.48. The molecule has 2 aliphatic rings. The minimum absolute atomic E-state index is 0.110. The highest BCUT2D eigenvalue weighted by atomic mass is 16.4. The van der Waals surface area contributed by atoms with E-state index in [1.807, 2.05) is 0 Å². The summed E-state index contributed by atoms with van der Waals surface area (Å²) in [4.78, 5) is 34.3. The number of carboxylic acids is 1. The number of carbonyl (C=O) groups is 3. The Hall–Kier alpha value is -2.37. The van der Waals surface area contributed by atoms with Crippen molar-refractivity contribution in [2.45, 2.75) is 32.1 Å². The predicted octanol–water partition coefficient (Wildman–Crippen LogP) is 1.80. The maximum Gasteiger partial charge on any atom is 0.322 e. The van der Waals surface area contributed by atoms with Crippen LogP contribution in [0.4, 0.5) is 5.69 Å². The molecule has 6 nitrogen and oxygen atoms in total. The van der Waals surface area contributed by atoms with Gasteiger partial charge in [-0.2, -0.15) is 0 Å². The summed E-state index contributed by atoms with van der Waals surface area (Å²) in [6.45, 7) is -0.378. The van der Waals surface area contributed by atoms with E-state index in [1.165, 1.54) is 25.7 Å². The molecule has 0 bridgehead atoms. The number of benzene rings is 1. The van der Waals surface area contributed by atoms with E-state index in [0.717, 1.165) is 11.3 Å². The minimum Gasteiger partial charge on any atom is -0.480 e. The molecule has 24 heavy (non-hydrogen) atoms. The molecule has 128 valence electrons. The lowest BCUT2D eigenvalue weighted by Crippen LogP contribution is -2.30. The number of fused-ring (bicyclic) bond motifs is 1. The van der Waals surface area contributed by atoms with Gasteiger partial charge in [-0.1, -0.05) is 25.0 Å². The van der Waals surface area contributed by atoms with E-state index in [4.69, 9.17) is 5.11 Å². The smallest absolute Gasteiger partial charge is 0.322 e. The van der Waals surface area contributed by atoms with Crippen molar-refractivity contribution in [3.05, 3.63) is 29.8 Å². The molecule has 0 heterocycles. The van der Waals surface area contributed by atoms with Gasteiger partial charge in [0.15, 0.2) is 0 Å². The Labute approximate surface area is 140 Å². The van der Waals surface area contributed by atoms with Gasteiger partial charge in [-0.15, -0.1) is 0 Å². The molecule has 2 amide bonds. The first-order valence-corrected chi connectivity index (χ1v) is 8.43. The van der Waals surface area contributed by atoms with Crippen LogP contribution in [0.1, 0.15) is 31.2 Å². The minimum atomic E-state index is -1.07. The summed E-state index contributed by atoms with van der Waals surface area (Å²) in [6.07, 6.45) is 4.95. The fraction of sp³-hybridized carbons (Fsp3) is 0.500. The maximum absolute atomic E-state index is 12.3. The summed E-state index contributed by atoms with van der Waals surface area (Å²) >= 11 is 0. The fourth-order valence-electron chi connectivity index (χ4n) is 3.73. The predicted molar refractivity (Wildman–Crippen MR) is 88.4 cm³/mol. The molecule has 0 aliphatic heterocycles. The Morgan fingerprint density at radius 2 is 1.67 bits per heavy atom. The Kier molecular flexibility index (Phi) is 4.83. The molecule has 2 fully saturated rings. The molecule has 0 saturated heterocycles. The zero-order chi connectivity index (χ0) is 17.1. The molecule has 0 aromatic heterocycles. The van der Waals surface area contributed by atoms with Gasteiger partial charge in [-0.3, -0.25) is 14.4 Å². The van der Waals surface area contributed by atoms with Crippen LogP contribution >= 0.6 is 0 Å². The number of hydrogen-bond acceptors (Lipinski definition) is 3. The number of aliphatic carboxylic acids is 1. The lowest BCUT2D eigenvalue weighted by atomic mass is 10.0. The summed E-state index contributed by atoms with van der Waals surface area (Å²) < 4.78 is 0. The lowest BCUT2D eigenvalue weighted by Gasteiger charge is -2.07. The summed E-state index contributed by atoms with van der Waals surface area (Å²) in [5, 5.41) is 13.8. The van der Waals surface area contributed by atoms with Crippen molar-refractivity contribution in [1.29, 1.82) is 0 Å². The molecular formula is C18H22N2O4. The fourth-order valence-corrected chi connectivity index (χ4v) is 3.73. The van der Waals surface area contributed by atoms with Crippen molar-refractivity contribution >= 4 is 23.5 Å². The normalized spacial score (nSPS) is 24.6. The SMILES string of the molecule is O=C(O)CNC(=O)Cc1ccc(NC(=O)C2C3CCCCC32)cc1. The van der Waals surface area contributed by atoms with Crippen molar-refractivity contribution in [2.75, 3.05) is 11.9 Å². The third-order valence-electron chi connectivity index (χ3n) is 4.98. The van der Waals surface area contributed by atoms with Gasteiger partial charge in [0.2, 0.25) is 11.8 Å². The van der Waals surface area contributed by atoms with Crippen LogP contribution in [0.5, 0.6) is 0 Å². The van der Waals surface area contributed by atoms with Crippen LogP contribution in [0.15, 0.2) is 24.3 Å². The van der Waals surface area contributed by atoms with Gasteiger partial charge >= 0.3 is 5.97 Å². The van der Waals surface area contributed by atoms with Gasteiger partial charge in [0, 0.05) is 11.6 Å². The van der Waals surface area contributed by atoms with E-state index in [2.05, 4.69) is 10.6 Å². The largest absolute Gasteiger partial charge is 0.480 e. The molecule has 0 spiro atoms. The molecule has 2 unspecified atom stereocenters. The first kappa shape index (κ1) is 16.5. The number of hydrogen-bond donors (Lipinski definition) is 3. The van der Waals surface area contributed by atoms with E-state index >= 15 is 0 Å². The lowest BCUT2D eigenvalue weighted by molar-refractivity contribution is -0.137. The van der Waals surface area contributed by atoms with Gasteiger partial charge in [-0.25, -0.2) is 0 Å². The zero-order valence-electron chi connectivity index (χ0n) is 13.5. The van der Waals surface area contributed by atoms with E-state index in [0.29, 0.717) is 11.8 Å². The van der Waals surface area contributed by atoms with Crippen LogP contribution < -0.4 is 10.6 Å². The number of carbonyl (C=O) groups excluding carboxylic acids is 2. The molecule has 1 aromatic rings. The number of nitrogens with one attached hydrogen (secondary N) is 2. The molecule has 1 aromatic carbocycles. The Bertz CT molecular complexity index is 629. The van der Waals surface area contributed by atoms with Crippen LogP contribution in [0.25, 0.3) is 0 Å². The van der Waals surface area contributed by atoms with Crippen LogP contribution in [0, 0.1) is 17.8 Å². The third kappa shape index (κ3) is 3.93. The maximum atomic E-state index is 12.3. The third-order valence-corrected chi connectivity index (χ3v) is 4.98. The van der Waals surface area contributed by atoms with Gasteiger partial charge < -0.3 is 15.7 Å². The van der Waals surface area contributed by atoms with Crippen molar-refractivity contribution in [1.82, 2.24) is 5.32 Å². The highest BCUT2D eigenvalue weighted by molar-refractivity contribution is 5.95. The van der Waals surface area contributed by atoms with E-state index < -0.39 is 5.97 Å². The van der Waals surface area contributed by atoms with Crippen molar-refractivity contribution in [3.8, 4) is 0 Å². The van der Waals surface area contributed by atoms with Crippen molar-refractivity contribution in [2.24, 2.45) is 17.8 Å². The average molecular weight is 330 g/mol. The molecule has 2 saturated carbocycles. The Morgan fingerprint density at radius 3 is 2.25 bits per heavy atom. The number of carboxylic acid groups (broad SMARTS) is 1. The Morgan fingerprint density at radius 1 is 1.04 bits per heavy atom. The quantitative estimate of drug-likeness (QED) is 0.741. The topological polar surface area (TPSA) is 95.5 Å². The second-order valence-corrected chi connectivity index (χ2v) is 6.67. The van der Waals surface area contributed by atoms with Gasteiger partial charge in [0.1, 0.15) is 6.54 Å². The molecule has 3 N–H and O–H groups in total. The van der Waals surface area contributed by atoms with Crippen molar-refractivity contribution < 1.29 is 19.5 Å². The molecular weight excluding hydrogens is 308 g/mol. The van der Waals surface area contributed by atoms with Crippen LogP contribution in [0.3, 0.4) is 0 Å². The second kappa shape index (κ2) is 7.03. The summed E-state index contributed by atoms with van der Waals surface area (Å²) in [6, 6.07) is 7.11. The van der Waals surface area contributed by atoms with Gasteiger partial charge in [-0.05, 0) is 42.4 Å². The first-order chi connectivity index (χ1) is 11.5. The summed E-state index contributed by atoms with van der Waals surface area (Å²) in [5.74, 6) is 0.0398. The summed E-state index contributed by atoms with van der Waals surface area (Å²) in [5.41, 5.74) is 1.51. The van der Waals surface area contributed by atoms with Crippen LogP contribution in [-0.2, 0) is 20.8 Å². The monoisotopic (exact) mass is 330 g/mol. The standard InChI is InChI=1S/C18H22N2O4/c21-15(19-10-16(22)23)9-11-5-7-12(8-6-11)20-18(24)17-13-3-1-2-4-14(13)17/h5-8,13-14,17H,1-4,9-10H2,(H,19,21)(H,20,24)(H,22,23). The second-order valence-electron chi connectivity index (χ2n) is 6.67. The van der Waals surface area contributed by atoms with Gasteiger partial charge in [0.25, 0.3) is 0 Å². The summed E-state index contributed by atoms with van der Waals surface area (Å²) in [7, 11) is 0. The molecule has 3 rings (SSSR count). The number of amides is 2. The van der Waals surface area contributed by atoms with E-state index in [1.54, 1.807) is 24.3 Å². The van der Waals surface area contributed by atoms with Crippen LogP contribution in [0.2, 0.25) is 0 Å². The van der Waals surface area contributed by atoms with Crippen molar-refractivity contribution in [3.63, 3.8) is 0 Å². The molecule has 2 atom stereocenters. The first-order valence-electron chi connectivity index (χ1n) is 8.43. The van der Waals surface area contributed by atoms with E-state index in [9.17, 15) is 14.4 Å². The average Bonchev–Trinajstić information content (AvgIpc) is 3.29. The number of rotatable bonds is 6.